The lowest BCUT2D eigenvalue weighted by Gasteiger charge is -2.40. The monoisotopic (exact) mass is 272 g/mol. The molecule has 1 aromatic rings. The molecule has 108 valence electrons. The highest BCUT2D eigenvalue weighted by atomic mass is 16.2. The van der Waals surface area contributed by atoms with E-state index in [1.54, 1.807) is 0 Å². The Morgan fingerprint density at radius 1 is 1.15 bits per heavy atom. The Morgan fingerprint density at radius 3 is 2.45 bits per heavy atom. The fourth-order valence-electron chi connectivity index (χ4n) is 3.63. The van der Waals surface area contributed by atoms with Crippen LogP contribution in [0.4, 0.5) is 0 Å². The number of hydrogen-bond donors (Lipinski definition) is 0. The molecule has 20 heavy (non-hydrogen) atoms. The number of likely N-dealkylation sites (tertiary alicyclic amines) is 1. The molecule has 3 heteroatoms. The predicted octanol–water partition coefficient (Wildman–Crippen LogP) is 2.30. The Bertz CT molecular complexity index is 503. The van der Waals surface area contributed by atoms with Crippen molar-refractivity contribution in [2.75, 3.05) is 26.7 Å². The Hall–Kier alpha value is -1.35. The van der Waals surface area contributed by atoms with Crippen LogP contribution in [0.1, 0.15) is 30.9 Å². The third-order valence-electron chi connectivity index (χ3n) is 5.08. The summed E-state index contributed by atoms with van der Waals surface area (Å²) >= 11 is 0. The SMILES string of the molecule is CCN1Cc2ccccc2CC2(CCN(C)CC2)C1=O. The van der Waals surface area contributed by atoms with Gasteiger partial charge in [0.2, 0.25) is 5.91 Å². The molecule has 0 aromatic heterocycles. The highest BCUT2D eigenvalue weighted by Gasteiger charge is 2.44. The molecule has 1 amide bonds. The zero-order valence-corrected chi connectivity index (χ0v) is 12.6. The minimum Gasteiger partial charge on any atom is -0.338 e. The van der Waals surface area contributed by atoms with Crippen molar-refractivity contribution in [3.05, 3.63) is 35.4 Å². The minimum atomic E-state index is -0.158. The quantitative estimate of drug-likeness (QED) is 0.783. The summed E-state index contributed by atoms with van der Waals surface area (Å²) in [6.45, 7) is 5.75. The maximum atomic E-state index is 13.0. The summed E-state index contributed by atoms with van der Waals surface area (Å²) in [5, 5.41) is 0. The third-order valence-corrected chi connectivity index (χ3v) is 5.08. The van der Waals surface area contributed by atoms with Crippen LogP contribution >= 0.6 is 0 Å². The molecule has 0 unspecified atom stereocenters. The van der Waals surface area contributed by atoms with Crippen molar-refractivity contribution in [2.24, 2.45) is 5.41 Å². The predicted molar refractivity (Wildman–Crippen MR) is 80.4 cm³/mol. The number of rotatable bonds is 1. The van der Waals surface area contributed by atoms with Crippen LogP contribution in [0.2, 0.25) is 0 Å². The van der Waals surface area contributed by atoms with Gasteiger partial charge in [-0.15, -0.1) is 0 Å². The summed E-state index contributed by atoms with van der Waals surface area (Å²) in [5.74, 6) is 0.379. The maximum Gasteiger partial charge on any atom is 0.229 e. The van der Waals surface area contributed by atoms with Crippen molar-refractivity contribution < 1.29 is 4.79 Å². The van der Waals surface area contributed by atoms with Gasteiger partial charge in [0.1, 0.15) is 0 Å². The number of fused-ring (bicyclic) bond motifs is 1. The second kappa shape index (κ2) is 5.21. The molecule has 0 atom stereocenters. The van der Waals surface area contributed by atoms with Crippen molar-refractivity contribution in [1.82, 2.24) is 9.80 Å². The lowest BCUT2D eigenvalue weighted by molar-refractivity contribution is -0.144. The molecule has 1 aromatic carbocycles. The van der Waals surface area contributed by atoms with Crippen molar-refractivity contribution >= 4 is 5.91 Å². The molecule has 0 saturated carbocycles. The zero-order valence-electron chi connectivity index (χ0n) is 12.6. The van der Waals surface area contributed by atoms with Crippen LogP contribution in [0.3, 0.4) is 0 Å². The normalized spacial score (nSPS) is 22.7. The van der Waals surface area contributed by atoms with E-state index in [2.05, 4.69) is 48.0 Å². The molecule has 0 aliphatic carbocycles. The largest absolute Gasteiger partial charge is 0.338 e. The highest BCUT2D eigenvalue weighted by molar-refractivity contribution is 5.84. The summed E-state index contributed by atoms with van der Waals surface area (Å²) in [7, 11) is 2.15. The second-order valence-electron chi connectivity index (χ2n) is 6.35. The number of carbonyl (C=O) groups excluding carboxylic acids is 1. The van der Waals surface area contributed by atoms with Gasteiger partial charge in [-0.05, 0) is 57.5 Å². The average Bonchev–Trinajstić information content (AvgIpc) is 2.58. The Morgan fingerprint density at radius 2 is 1.80 bits per heavy atom. The van der Waals surface area contributed by atoms with Crippen LogP contribution in [0, 0.1) is 5.41 Å². The average molecular weight is 272 g/mol. The fourth-order valence-corrected chi connectivity index (χ4v) is 3.63. The van der Waals surface area contributed by atoms with E-state index >= 15 is 0 Å². The van der Waals surface area contributed by atoms with Gasteiger partial charge in [0, 0.05) is 13.1 Å². The molecule has 2 aliphatic heterocycles. The molecule has 1 fully saturated rings. The van der Waals surface area contributed by atoms with E-state index in [0.717, 1.165) is 45.4 Å². The molecule has 1 spiro atoms. The minimum absolute atomic E-state index is 0.158. The second-order valence-corrected chi connectivity index (χ2v) is 6.35. The Kier molecular flexibility index (Phi) is 3.55. The molecule has 1 saturated heterocycles. The van der Waals surface area contributed by atoms with Gasteiger partial charge in [0.15, 0.2) is 0 Å². The molecule has 3 rings (SSSR count). The molecular weight excluding hydrogens is 248 g/mol. The van der Waals surface area contributed by atoms with Gasteiger partial charge in [-0.1, -0.05) is 24.3 Å². The molecular formula is C17H24N2O. The van der Waals surface area contributed by atoms with Gasteiger partial charge in [0.25, 0.3) is 0 Å². The van der Waals surface area contributed by atoms with E-state index in [1.807, 2.05) is 0 Å². The summed E-state index contributed by atoms with van der Waals surface area (Å²) in [4.78, 5) is 17.4. The first-order valence-electron chi connectivity index (χ1n) is 7.69. The Labute approximate surface area is 121 Å². The zero-order chi connectivity index (χ0) is 14.2. The van der Waals surface area contributed by atoms with Gasteiger partial charge in [-0.3, -0.25) is 4.79 Å². The lowest BCUT2D eigenvalue weighted by atomic mass is 9.73. The number of carbonyl (C=O) groups is 1. The number of amides is 1. The first-order valence-corrected chi connectivity index (χ1v) is 7.69. The van der Waals surface area contributed by atoms with Crippen molar-refractivity contribution in [3.63, 3.8) is 0 Å². The summed E-state index contributed by atoms with van der Waals surface area (Å²) < 4.78 is 0. The number of nitrogens with zero attached hydrogens (tertiary/aromatic N) is 2. The first kappa shape index (κ1) is 13.6. The van der Waals surface area contributed by atoms with Gasteiger partial charge in [-0.25, -0.2) is 0 Å². The lowest BCUT2D eigenvalue weighted by Crippen LogP contribution is -2.49. The Balaban J connectivity index is 1.99. The molecule has 0 radical (unpaired) electrons. The van der Waals surface area contributed by atoms with Crippen molar-refractivity contribution in [2.45, 2.75) is 32.7 Å². The topological polar surface area (TPSA) is 23.6 Å². The van der Waals surface area contributed by atoms with Crippen LogP contribution < -0.4 is 0 Å². The van der Waals surface area contributed by atoms with Crippen LogP contribution in [0.15, 0.2) is 24.3 Å². The molecule has 3 nitrogen and oxygen atoms in total. The fraction of sp³-hybridized carbons (Fsp3) is 0.588. The van der Waals surface area contributed by atoms with E-state index in [-0.39, 0.29) is 5.41 Å². The molecule has 0 bridgehead atoms. The van der Waals surface area contributed by atoms with Gasteiger partial charge in [-0.2, -0.15) is 0 Å². The van der Waals surface area contributed by atoms with E-state index in [0.29, 0.717) is 5.91 Å². The van der Waals surface area contributed by atoms with Crippen LogP contribution in [-0.2, 0) is 17.8 Å². The summed E-state index contributed by atoms with van der Waals surface area (Å²) in [5.41, 5.74) is 2.55. The van der Waals surface area contributed by atoms with E-state index in [1.165, 1.54) is 11.1 Å². The van der Waals surface area contributed by atoms with Crippen LogP contribution in [0.5, 0.6) is 0 Å². The standard InChI is InChI=1S/C17H24N2O/c1-3-19-13-15-7-5-4-6-14(15)12-17(16(19)20)8-10-18(2)11-9-17/h4-7H,3,8-13H2,1-2H3. The number of piperidine rings is 1. The number of benzene rings is 1. The van der Waals surface area contributed by atoms with E-state index in [4.69, 9.17) is 0 Å². The first-order chi connectivity index (χ1) is 9.64. The van der Waals surface area contributed by atoms with Gasteiger partial charge in [0.05, 0.1) is 5.41 Å². The smallest absolute Gasteiger partial charge is 0.229 e. The maximum absolute atomic E-state index is 13.0. The van der Waals surface area contributed by atoms with Crippen molar-refractivity contribution in [1.29, 1.82) is 0 Å². The molecule has 2 aliphatic rings. The summed E-state index contributed by atoms with van der Waals surface area (Å²) in [6.07, 6.45) is 2.91. The third kappa shape index (κ3) is 2.24. The number of hydrogen-bond acceptors (Lipinski definition) is 2. The molecule has 0 N–H and O–H groups in total. The van der Waals surface area contributed by atoms with Crippen LogP contribution in [-0.4, -0.2) is 42.4 Å². The van der Waals surface area contributed by atoms with E-state index in [9.17, 15) is 4.79 Å². The van der Waals surface area contributed by atoms with Crippen LogP contribution in [0.25, 0.3) is 0 Å². The summed E-state index contributed by atoms with van der Waals surface area (Å²) in [6, 6.07) is 8.58. The van der Waals surface area contributed by atoms with Crippen molar-refractivity contribution in [3.8, 4) is 0 Å². The van der Waals surface area contributed by atoms with Gasteiger partial charge < -0.3 is 9.80 Å². The highest BCUT2D eigenvalue weighted by Crippen LogP contribution is 2.40. The van der Waals surface area contributed by atoms with E-state index < -0.39 is 0 Å². The molecule has 2 heterocycles. The van der Waals surface area contributed by atoms with Gasteiger partial charge >= 0.3 is 0 Å².